The van der Waals surface area contributed by atoms with Crippen molar-refractivity contribution in [2.24, 2.45) is 0 Å². The van der Waals surface area contributed by atoms with Gasteiger partial charge in [0.1, 0.15) is 0 Å². The molecule has 0 unspecified atom stereocenters. The topological polar surface area (TPSA) is 87.7 Å². The maximum atomic E-state index is 13.0. The molecule has 0 aliphatic heterocycles. The Morgan fingerprint density at radius 3 is 2.12 bits per heavy atom. The summed E-state index contributed by atoms with van der Waals surface area (Å²) in [5.41, 5.74) is 3.35. The Morgan fingerprint density at radius 1 is 0.938 bits per heavy atom. The Morgan fingerprint density at radius 2 is 1.56 bits per heavy atom. The van der Waals surface area contributed by atoms with Crippen LogP contribution in [-0.4, -0.2) is 56.0 Å². The molecule has 32 heavy (non-hydrogen) atoms. The largest absolute Gasteiger partial charge is 0.383 e. The first-order valence-corrected chi connectivity index (χ1v) is 10.6. The summed E-state index contributed by atoms with van der Waals surface area (Å²) in [5.74, 6) is -1.02. The number of rotatable bonds is 9. The average Bonchev–Trinajstić information content (AvgIpc) is 2.76. The second kappa shape index (κ2) is 11.4. The molecule has 7 heteroatoms. The summed E-state index contributed by atoms with van der Waals surface area (Å²) in [6.45, 7) is 8.49. The predicted octanol–water partition coefficient (Wildman–Crippen LogP) is 3.14. The number of carbonyl (C=O) groups is 3. The predicted molar refractivity (Wildman–Crippen MR) is 126 cm³/mol. The van der Waals surface area contributed by atoms with Crippen molar-refractivity contribution in [1.82, 2.24) is 10.2 Å². The van der Waals surface area contributed by atoms with Crippen LogP contribution in [0.3, 0.4) is 0 Å². The summed E-state index contributed by atoms with van der Waals surface area (Å²) < 4.78 is 5.09. The second-order valence-corrected chi connectivity index (χ2v) is 8.74. The molecular formula is C25H33N3O4. The Labute approximate surface area is 190 Å². The van der Waals surface area contributed by atoms with Gasteiger partial charge in [-0.2, -0.15) is 0 Å². The first-order valence-electron chi connectivity index (χ1n) is 10.6. The van der Waals surface area contributed by atoms with Crippen LogP contribution in [0.1, 0.15) is 42.3 Å². The van der Waals surface area contributed by atoms with Gasteiger partial charge in [0.15, 0.2) is 0 Å². The molecule has 0 radical (unpaired) electrons. The zero-order chi connectivity index (χ0) is 23.7. The lowest BCUT2D eigenvalue weighted by molar-refractivity contribution is -0.124. The fraction of sp³-hybridized carbons (Fsp3) is 0.400. The molecular weight excluding hydrogens is 406 g/mol. The van der Waals surface area contributed by atoms with Gasteiger partial charge in [0, 0.05) is 24.9 Å². The Hall–Kier alpha value is -3.19. The van der Waals surface area contributed by atoms with Crippen LogP contribution < -0.4 is 10.6 Å². The van der Waals surface area contributed by atoms with Crippen molar-refractivity contribution in [2.75, 3.05) is 38.7 Å². The van der Waals surface area contributed by atoms with E-state index in [1.54, 1.807) is 24.3 Å². The van der Waals surface area contributed by atoms with Gasteiger partial charge in [-0.3, -0.25) is 14.4 Å². The SMILES string of the molecule is COCCN(CC(=O)NCC(=O)Nc1ccc(C)cc1)C(=O)c1ccc(C(C)(C)C)cc1. The number of methoxy groups -OCH3 is 1. The van der Waals surface area contributed by atoms with Crippen LogP contribution >= 0.6 is 0 Å². The van der Waals surface area contributed by atoms with Gasteiger partial charge in [0.25, 0.3) is 5.91 Å². The van der Waals surface area contributed by atoms with E-state index in [1.165, 1.54) is 12.0 Å². The van der Waals surface area contributed by atoms with Gasteiger partial charge >= 0.3 is 0 Å². The number of amides is 3. The van der Waals surface area contributed by atoms with Gasteiger partial charge in [-0.1, -0.05) is 50.6 Å². The van der Waals surface area contributed by atoms with Crippen LogP contribution in [0.15, 0.2) is 48.5 Å². The molecule has 0 heterocycles. The van der Waals surface area contributed by atoms with E-state index in [9.17, 15) is 14.4 Å². The molecule has 0 atom stereocenters. The summed E-state index contributed by atoms with van der Waals surface area (Å²) in [6.07, 6.45) is 0. The van der Waals surface area contributed by atoms with Crippen LogP contribution in [0, 0.1) is 6.92 Å². The Kier molecular flexibility index (Phi) is 8.96. The molecule has 2 rings (SSSR count). The van der Waals surface area contributed by atoms with E-state index < -0.39 is 5.91 Å². The highest BCUT2D eigenvalue weighted by molar-refractivity contribution is 5.98. The minimum absolute atomic E-state index is 0.0175. The zero-order valence-corrected chi connectivity index (χ0v) is 19.5. The molecule has 7 nitrogen and oxygen atoms in total. The molecule has 0 saturated carbocycles. The van der Waals surface area contributed by atoms with E-state index in [0.717, 1.165) is 11.1 Å². The standard InChI is InChI=1S/C25H33N3O4/c1-18-6-12-21(13-7-18)27-22(29)16-26-23(30)17-28(14-15-32-5)24(31)19-8-10-20(11-9-19)25(2,3)4/h6-13H,14-17H2,1-5H3,(H,26,30)(H,27,29). The van der Waals surface area contributed by atoms with E-state index in [4.69, 9.17) is 4.74 Å². The van der Waals surface area contributed by atoms with Crippen LogP contribution in [-0.2, 0) is 19.7 Å². The molecule has 2 N–H and O–H groups in total. The van der Waals surface area contributed by atoms with Crippen molar-refractivity contribution in [3.63, 3.8) is 0 Å². The van der Waals surface area contributed by atoms with Crippen LogP contribution in [0.4, 0.5) is 5.69 Å². The Bertz CT molecular complexity index is 916. The fourth-order valence-corrected chi connectivity index (χ4v) is 3.00. The zero-order valence-electron chi connectivity index (χ0n) is 19.5. The first kappa shape index (κ1) is 25.1. The number of nitrogens with one attached hydrogen (secondary N) is 2. The number of hydrogen-bond donors (Lipinski definition) is 2. The third-order valence-corrected chi connectivity index (χ3v) is 4.97. The minimum atomic E-state index is -0.417. The Balaban J connectivity index is 1.95. The summed E-state index contributed by atoms with van der Waals surface area (Å²) in [6, 6.07) is 14.8. The van der Waals surface area contributed by atoms with E-state index in [-0.39, 0.29) is 36.9 Å². The minimum Gasteiger partial charge on any atom is -0.383 e. The number of benzene rings is 2. The van der Waals surface area contributed by atoms with Gasteiger partial charge in [-0.05, 0) is 42.2 Å². The normalized spacial score (nSPS) is 11.0. The van der Waals surface area contributed by atoms with Crippen LogP contribution in [0.5, 0.6) is 0 Å². The summed E-state index contributed by atoms with van der Waals surface area (Å²) in [7, 11) is 1.54. The molecule has 0 aliphatic rings. The molecule has 3 amide bonds. The highest BCUT2D eigenvalue weighted by atomic mass is 16.5. The van der Waals surface area contributed by atoms with E-state index >= 15 is 0 Å². The van der Waals surface area contributed by atoms with Gasteiger partial charge in [-0.15, -0.1) is 0 Å². The number of aryl methyl sites for hydroxylation is 1. The molecule has 0 spiro atoms. The number of carbonyl (C=O) groups excluding carboxylic acids is 3. The van der Waals surface area contributed by atoms with Crippen molar-refractivity contribution >= 4 is 23.4 Å². The van der Waals surface area contributed by atoms with Gasteiger partial charge in [0.2, 0.25) is 11.8 Å². The third kappa shape index (κ3) is 7.81. The lowest BCUT2D eigenvalue weighted by Gasteiger charge is -2.23. The van der Waals surface area contributed by atoms with E-state index in [1.807, 2.05) is 31.2 Å². The monoisotopic (exact) mass is 439 g/mol. The fourth-order valence-electron chi connectivity index (χ4n) is 3.00. The molecule has 0 fully saturated rings. The van der Waals surface area contributed by atoms with Crippen molar-refractivity contribution in [1.29, 1.82) is 0 Å². The van der Waals surface area contributed by atoms with Crippen molar-refractivity contribution in [3.05, 3.63) is 65.2 Å². The smallest absolute Gasteiger partial charge is 0.254 e. The molecule has 2 aromatic rings. The summed E-state index contributed by atoms with van der Waals surface area (Å²) in [5, 5.41) is 5.29. The highest BCUT2D eigenvalue weighted by Gasteiger charge is 2.20. The van der Waals surface area contributed by atoms with Crippen molar-refractivity contribution in [2.45, 2.75) is 33.1 Å². The van der Waals surface area contributed by atoms with Crippen molar-refractivity contribution in [3.8, 4) is 0 Å². The molecule has 2 aromatic carbocycles. The van der Waals surface area contributed by atoms with E-state index in [2.05, 4.69) is 31.4 Å². The highest BCUT2D eigenvalue weighted by Crippen LogP contribution is 2.22. The molecule has 0 bridgehead atoms. The lowest BCUT2D eigenvalue weighted by atomic mass is 9.86. The van der Waals surface area contributed by atoms with Crippen LogP contribution in [0.2, 0.25) is 0 Å². The van der Waals surface area contributed by atoms with Gasteiger partial charge < -0.3 is 20.3 Å². The number of ether oxygens (including phenoxy) is 1. The van der Waals surface area contributed by atoms with Crippen LogP contribution in [0.25, 0.3) is 0 Å². The molecule has 172 valence electrons. The number of anilines is 1. The lowest BCUT2D eigenvalue weighted by Crippen LogP contribution is -2.44. The quantitative estimate of drug-likeness (QED) is 0.628. The second-order valence-electron chi connectivity index (χ2n) is 8.74. The number of nitrogens with zero attached hydrogens (tertiary/aromatic N) is 1. The van der Waals surface area contributed by atoms with E-state index in [0.29, 0.717) is 17.9 Å². The first-order chi connectivity index (χ1) is 15.1. The average molecular weight is 440 g/mol. The molecule has 0 aromatic heterocycles. The number of hydrogen-bond acceptors (Lipinski definition) is 4. The molecule has 0 saturated heterocycles. The third-order valence-electron chi connectivity index (χ3n) is 4.97. The maximum absolute atomic E-state index is 13.0. The maximum Gasteiger partial charge on any atom is 0.254 e. The van der Waals surface area contributed by atoms with Gasteiger partial charge in [0.05, 0.1) is 19.7 Å². The van der Waals surface area contributed by atoms with Gasteiger partial charge in [-0.25, -0.2) is 0 Å². The van der Waals surface area contributed by atoms with Crippen molar-refractivity contribution < 1.29 is 19.1 Å². The summed E-state index contributed by atoms with van der Waals surface area (Å²) in [4.78, 5) is 38.9. The summed E-state index contributed by atoms with van der Waals surface area (Å²) >= 11 is 0. The molecule has 0 aliphatic carbocycles.